The standard InChI is InChI=1S/C18H17NO2/c1-3-14-6-4-5-7-15(14)12-21-17-8-9-18(13(2)20)16(10-17)11-19/h4-10H,3,12H2,1-2H3. The van der Waals surface area contributed by atoms with Gasteiger partial charge in [-0.3, -0.25) is 4.79 Å². The van der Waals surface area contributed by atoms with Crippen LogP contribution < -0.4 is 4.74 Å². The van der Waals surface area contributed by atoms with Crippen LogP contribution in [0.3, 0.4) is 0 Å². The summed E-state index contributed by atoms with van der Waals surface area (Å²) in [6, 6.07) is 15.1. The number of Topliss-reactive ketones (excluding diaryl/α,β-unsaturated/α-hetero) is 1. The molecule has 0 N–H and O–H groups in total. The van der Waals surface area contributed by atoms with Crippen LogP contribution >= 0.6 is 0 Å². The second-order valence-electron chi connectivity index (χ2n) is 4.79. The summed E-state index contributed by atoms with van der Waals surface area (Å²) < 4.78 is 5.75. The first-order chi connectivity index (χ1) is 10.2. The lowest BCUT2D eigenvalue weighted by molar-refractivity contribution is 0.101. The Labute approximate surface area is 124 Å². The fourth-order valence-corrected chi connectivity index (χ4v) is 2.22. The molecule has 3 nitrogen and oxygen atoms in total. The van der Waals surface area contributed by atoms with E-state index < -0.39 is 0 Å². The van der Waals surface area contributed by atoms with Gasteiger partial charge in [0.1, 0.15) is 18.4 Å². The number of ketones is 1. The van der Waals surface area contributed by atoms with Crippen molar-refractivity contribution in [2.45, 2.75) is 26.9 Å². The van der Waals surface area contributed by atoms with E-state index in [1.807, 2.05) is 24.3 Å². The van der Waals surface area contributed by atoms with Crippen LogP contribution in [0.25, 0.3) is 0 Å². The zero-order valence-corrected chi connectivity index (χ0v) is 12.2. The van der Waals surface area contributed by atoms with E-state index in [0.717, 1.165) is 12.0 Å². The Hall–Kier alpha value is -2.60. The van der Waals surface area contributed by atoms with E-state index in [2.05, 4.69) is 13.0 Å². The smallest absolute Gasteiger partial charge is 0.161 e. The predicted molar refractivity (Wildman–Crippen MR) is 81.3 cm³/mol. The zero-order valence-electron chi connectivity index (χ0n) is 12.2. The predicted octanol–water partition coefficient (Wildman–Crippen LogP) is 3.90. The van der Waals surface area contributed by atoms with Gasteiger partial charge in [0.2, 0.25) is 0 Å². The van der Waals surface area contributed by atoms with Crippen LogP contribution in [0.4, 0.5) is 0 Å². The number of benzene rings is 2. The molecule has 2 aromatic rings. The van der Waals surface area contributed by atoms with Gasteiger partial charge in [0.05, 0.1) is 5.56 Å². The van der Waals surface area contributed by atoms with E-state index in [9.17, 15) is 4.79 Å². The number of nitriles is 1. The molecule has 21 heavy (non-hydrogen) atoms. The van der Waals surface area contributed by atoms with E-state index in [1.165, 1.54) is 12.5 Å². The molecule has 0 aliphatic heterocycles. The molecule has 3 heteroatoms. The van der Waals surface area contributed by atoms with Gasteiger partial charge in [0.15, 0.2) is 5.78 Å². The van der Waals surface area contributed by atoms with Crippen LogP contribution in [-0.2, 0) is 13.0 Å². The third kappa shape index (κ3) is 3.49. The fourth-order valence-electron chi connectivity index (χ4n) is 2.22. The maximum Gasteiger partial charge on any atom is 0.161 e. The van der Waals surface area contributed by atoms with Crippen LogP contribution in [0.15, 0.2) is 42.5 Å². The summed E-state index contributed by atoms with van der Waals surface area (Å²) in [5, 5.41) is 9.10. The molecule has 0 unspecified atom stereocenters. The maximum atomic E-state index is 11.4. The minimum absolute atomic E-state index is 0.116. The number of carbonyl (C=O) groups excluding carboxylic acids is 1. The lowest BCUT2D eigenvalue weighted by Crippen LogP contribution is -2.01. The van der Waals surface area contributed by atoms with E-state index in [1.54, 1.807) is 18.2 Å². The molecule has 0 saturated heterocycles. The van der Waals surface area contributed by atoms with Crippen molar-refractivity contribution in [1.29, 1.82) is 5.26 Å². The molecule has 0 atom stereocenters. The zero-order chi connectivity index (χ0) is 15.2. The van der Waals surface area contributed by atoms with Crippen LogP contribution in [-0.4, -0.2) is 5.78 Å². The number of ether oxygens (including phenoxy) is 1. The highest BCUT2D eigenvalue weighted by molar-refractivity contribution is 5.96. The van der Waals surface area contributed by atoms with Gasteiger partial charge in [-0.2, -0.15) is 5.26 Å². The molecule has 0 aromatic heterocycles. The van der Waals surface area contributed by atoms with Crippen molar-refractivity contribution >= 4 is 5.78 Å². The molecule has 0 aliphatic rings. The molecule has 0 amide bonds. The van der Waals surface area contributed by atoms with Crippen LogP contribution in [0.5, 0.6) is 5.75 Å². The monoisotopic (exact) mass is 279 g/mol. The van der Waals surface area contributed by atoms with Gasteiger partial charge in [-0.05, 0) is 42.7 Å². The van der Waals surface area contributed by atoms with Crippen molar-refractivity contribution in [2.75, 3.05) is 0 Å². The molecular weight excluding hydrogens is 262 g/mol. The highest BCUT2D eigenvalue weighted by Crippen LogP contribution is 2.20. The van der Waals surface area contributed by atoms with Crippen molar-refractivity contribution in [3.63, 3.8) is 0 Å². The highest BCUT2D eigenvalue weighted by Gasteiger charge is 2.09. The Kier molecular flexibility index (Phi) is 4.73. The summed E-state index contributed by atoms with van der Waals surface area (Å²) in [5.74, 6) is 0.483. The topological polar surface area (TPSA) is 50.1 Å². The largest absolute Gasteiger partial charge is 0.489 e. The Morgan fingerprint density at radius 1 is 1.19 bits per heavy atom. The van der Waals surface area contributed by atoms with Crippen molar-refractivity contribution < 1.29 is 9.53 Å². The molecule has 0 heterocycles. The summed E-state index contributed by atoms with van der Waals surface area (Å²) in [6.07, 6.45) is 0.951. The number of hydrogen-bond acceptors (Lipinski definition) is 3. The SMILES string of the molecule is CCc1ccccc1COc1ccc(C(C)=O)c(C#N)c1. The van der Waals surface area contributed by atoms with Gasteiger partial charge >= 0.3 is 0 Å². The summed E-state index contributed by atoms with van der Waals surface area (Å²) >= 11 is 0. The maximum absolute atomic E-state index is 11.4. The number of nitrogens with zero attached hydrogens (tertiary/aromatic N) is 1. The van der Waals surface area contributed by atoms with Crippen LogP contribution in [0.1, 0.15) is 40.9 Å². The molecule has 0 aliphatic carbocycles. The average Bonchev–Trinajstić information content (AvgIpc) is 2.52. The normalized spacial score (nSPS) is 9.95. The minimum Gasteiger partial charge on any atom is -0.489 e. The van der Waals surface area contributed by atoms with Crippen molar-refractivity contribution in [1.82, 2.24) is 0 Å². The van der Waals surface area contributed by atoms with Gasteiger partial charge in [-0.1, -0.05) is 31.2 Å². The summed E-state index contributed by atoms with van der Waals surface area (Å²) in [7, 11) is 0. The summed E-state index contributed by atoms with van der Waals surface area (Å²) in [5.41, 5.74) is 3.16. The van der Waals surface area contributed by atoms with Gasteiger partial charge in [0, 0.05) is 5.56 Å². The number of hydrogen-bond donors (Lipinski definition) is 0. The number of rotatable bonds is 5. The molecule has 0 spiro atoms. The Balaban J connectivity index is 2.18. The average molecular weight is 279 g/mol. The van der Waals surface area contributed by atoms with E-state index in [0.29, 0.717) is 23.5 Å². The minimum atomic E-state index is -0.116. The van der Waals surface area contributed by atoms with Gasteiger partial charge in [0.25, 0.3) is 0 Å². The van der Waals surface area contributed by atoms with Crippen LogP contribution in [0, 0.1) is 11.3 Å². The Morgan fingerprint density at radius 2 is 1.90 bits per heavy atom. The molecule has 0 radical (unpaired) electrons. The lowest BCUT2D eigenvalue weighted by Gasteiger charge is -2.11. The molecule has 2 rings (SSSR count). The summed E-state index contributed by atoms with van der Waals surface area (Å²) in [4.78, 5) is 11.4. The van der Waals surface area contributed by atoms with Gasteiger partial charge < -0.3 is 4.74 Å². The molecule has 0 bridgehead atoms. The quantitative estimate of drug-likeness (QED) is 0.780. The van der Waals surface area contributed by atoms with Gasteiger partial charge in [-0.15, -0.1) is 0 Å². The highest BCUT2D eigenvalue weighted by atomic mass is 16.5. The molecule has 106 valence electrons. The third-order valence-electron chi connectivity index (χ3n) is 3.38. The molecule has 2 aromatic carbocycles. The lowest BCUT2D eigenvalue weighted by atomic mass is 10.0. The Morgan fingerprint density at radius 3 is 2.52 bits per heavy atom. The fraction of sp³-hybridized carbons (Fsp3) is 0.222. The Bertz CT molecular complexity index is 699. The van der Waals surface area contributed by atoms with Crippen molar-refractivity contribution in [3.8, 4) is 11.8 Å². The molecule has 0 saturated carbocycles. The van der Waals surface area contributed by atoms with Crippen LogP contribution in [0.2, 0.25) is 0 Å². The first kappa shape index (κ1) is 14.8. The number of aryl methyl sites for hydroxylation is 1. The van der Waals surface area contributed by atoms with E-state index in [4.69, 9.17) is 10.00 Å². The van der Waals surface area contributed by atoms with E-state index >= 15 is 0 Å². The first-order valence-corrected chi connectivity index (χ1v) is 6.90. The first-order valence-electron chi connectivity index (χ1n) is 6.90. The molecule has 0 fully saturated rings. The molecular formula is C18H17NO2. The van der Waals surface area contributed by atoms with Crippen molar-refractivity contribution in [2.24, 2.45) is 0 Å². The summed E-state index contributed by atoms with van der Waals surface area (Å²) in [6.45, 7) is 4.01. The third-order valence-corrected chi connectivity index (χ3v) is 3.38. The number of carbonyl (C=O) groups is 1. The van der Waals surface area contributed by atoms with Gasteiger partial charge in [-0.25, -0.2) is 0 Å². The van der Waals surface area contributed by atoms with Crippen molar-refractivity contribution in [3.05, 3.63) is 64.7 Å². The second kappa shape index (κ2) is 6.71. The van der Waals surface area contributed by atoms with E-state index in [-0.39, 0.29) is 5.78 Å². The second-order valence-corrected chi connectivity index (χ2v) is 4.79.